The number of hydrogen-bond donors (Lipinski definition) is 0. The van der Waals surface area contributed by atoms with Gasteiger partial charge in [-0.15, -0.1) is 0 Å². The average Bonchev–Trinajstić information content (AvgIpc) is 3.31. The topological polar surface area (TPSA) is 36.4 Å². The molecule has 3 heterocycles. The predicted octanol–water partition coefficient (Wildman–Crippen LogP) is 2.45. The van der Waals surface area contributed by atoms with E-state index < -0.39 is 0 Å². The zero-order chi connectivity index (χ0) is 14.3. The highest BCUT2D eigenvalue weighted by Gasteiger charge is 2.48. The third-order valence-electron chi connectivity index (χ3n) is 5.52. The minimum Gasteiger partial charge on any atom is -0.370 e. The number of pyridine rings is 1. The van der Waals surface area contributed by atoms with Gasteiger partial charge in [-0.25, -0.2) is 0 Å². The molecule has 4 heteroatoms. The second-order valence-electron chi connectivity index (χ2n) is 6.87. The Kier molecular flexibility index (Phi) is 3.12. The van der Waals surface area contributed by atoms with Crippen LogP contribution in [0.25, 0.3) is 0 Å². The molecule has 2 saturated heterocycles. The molecule has 21 heavy (non-hydrogen) atoms. The van der Waals surface area contributed by atoms with Crippen LogP contribution in [0.4, 0.5) is 5.69 Å². The quantitative estimate of drug-likeness (QED) is 0.856. The van der Waals surface area contributed by atoms with Gasteiger partial charge < -0.3 is 9.80 Å². The lowest BCUT2D eigenvalue weighted by Gasteiger charge is -2.45. The first kappa shape index (κ1) is 13.1. The predicted molar refractivity (Wildman–Crippen MR) is 82.1 cm³/mol. The van der Waals surface area contributed by atoms with Crippen molar-refractivity contribution in [3.8, 4) is 0 Å². The highest BCUT2D eigenvalue weighted by molar-refractivity contribution is 5.80. The van der Waals surface area contributed by atoms with Gasteiger partial charge in [0.1, 0.15) is 0 Å². The summed E-state index contributed by atoms with van der Waals surface area (Å²) in [5.41, 5.74) is 1.38. The molecule has 0 N–H and O–H groups in total. The Bertz CT molecular complexity index is 518. The van der Waals surface area contributed by atoms with E-state index >= 15 is 0 Å². The van der Waals surface area contributed by atoms with Crippen molar-refractivity contribution in [2.45, 2.75) is 44.1 Å². The number of nitrogens with zero attached hydrogens (tertiary/aromatic N) is 3. The molecule has 1 aromatic heterocycles. The molecule has 112 valence electrons. The minimum absolute atomic E-state index is 0.165. The standard InChI is InChI=1S/C17H23N3O/c21-16-5-6-17(20(16)13-14-3-4-14)7-10-19(11-8-17)15-2-1-9-18-12-15/h1-2,9,12,14H,3-8,10-11,13H2. The van der Waals surface area contributed by atoms with E-state index in [4.69, 9.17) is 0 Å². The second-order valence-corrected chi connectivity index (χ2v) is 6.87. The lowest BCUT2D eigenvalue weighted by Crippen LogP contribution is -2.53. The molecule has 1 amide bonds. The van der Waals surface area contributed by atoms with E-state index in [1.165, 1.54) is 18.5 Å². The molecule has 1 spiro atoms. The largest absolute Gasteiger partial charge is 0.370 e. The van der Waals surface area contributed by atoms with Crippen molar-refractivity contribution in [2.24, 2.45) is 5.92 Å². The van der Waals surface area contributed by atoms with Gasteiger partial charge in [-0.3, -0.25) is 9.78 Å². The van der Waals surface area contributed by atoms with Crippen molar-refractivity contribution in [2.75, 3.05) is 24.5 Å². The van der Waals surface area contributed by atoms with Crippen molar-refractivity contribution in [1.82, 2.24) is 9.88 Å². The van der Waals surface area contributed by atoms with Crippen molar-refractivity contribution in [1.29, 1.82) is 0 Å². The highest BCUT2D eigenvalue weighted by atomic mass is 16.2. The van der Waals surface area contributed by atoms with E-state index in [-0.39, 0.29) is 5.54 Å². The van der Waals surface area contributed by atoms with E-state index in [1.807, 2.05) is 18.5 Å². The lowest BCUT2D eigenvalue weighted by molar-refractivity contribution is -0.132. The third-order valence-corrected chi connectivity index (χ3v) is 5.52. The molecule has 1 saturated carbocycles. The number of aromatic nitrogens is 1. The van der Waals surface area contributed by atoms with Crippen LogP contribution in [0.2, 0.25) is 0 Å². The Morgan fingerprint density at radius 3 is 2.71 bits per heavy atom. The monoisotopic (exact) mass is 285 g/mol. The summed E-state index contributed by atoms with van der Waals surface area (Å²) >= 11 is 0. The van der Waals surface area contributed by atoms with Crippen LogP contribution < -0.4 is 4.90 Å². The first-order valence-corrected chi connectivity index (χ1v) is 8.22. The number of anilines is 1. The van der Waals surface area contributed by atoms with Crippen LogP contribution in [0.5, 0.6) is 0 Å². The zero-order valence-corrected chi connectivity index (χ0v) is 12.5. The SMILES string of the molecule is O=C1CCC2(CCN(c3cccnc3)CC2)N1CC1CC1. The van der Waals surface area contributed by atoms with Crippen molar-refractivity contribution in [3.63, 3.8) is 0 Å². The van der Waals surface area contributed by atoms with Gasteiger partial charge in [0.05, 0.1) is 11.9 Å². The summed E-state index contributed by atoms with van der Waals surface area (Å²) in [7, 11) is 0. The van der Waals surface area contributed by atoms with Crippen molar-refractivity contribution in [3.05, 3.63) is 24.5 Å². The fourth-order valence-corrected chi connectivity index (χ4v) is 3.97. The molecule has 2 aliphatic heterocycles. The van der Waals surface area contributed by atoms with Gasteiger partial charge in [-0.1, -0.05) is 0 Å². The maximum absolute atomic E-state index is 12.3. The van der Waals surface area contributed by atoms with Crippen molar-refractivity contribution < 1.29 is 4.79 Å². The number of rotatable bonds is 3. The van der Waals surface area contributed by atoms with Crippen LogP contribution in [0, 0.1) is 5.92 Å². The Hall–Kier alpha value is -1.58. The first-order chi connectivity index (χ1) is 10.3. The first-order valence-electron chi connectivity index (χ1n) is 8.22. The number of likely N-dealkylation sites (tertiary alicyclic amines) is 1. The Labute approximate surface area is 126 Å². The Balaban J connectivity index is 1.46. The summed E-state index contributed by atoms with van der Waals surface area (Å²) < 4.78 is 0. The summed E-state index contributed by atoms with van der Waals surface area (Å²) in [5.74, 6) is 1.19. The summed E-state index contributed by atoms with van der Waals surface area (Å²) in [6.07, 6.45) is 10.5. The summed E-state index contributed by atoms with van der Waals surface area (Å²) in [4.78, 5) is 21.2. The number of carbonyl (C=O) groups excluding carboxylic acids is 1. The molecule has 0 radical (unpaired) electrons. The summed E-state index contributed by atoms with van der Waals surface area (Å²) in [6, 6.07) is 4.13. The van der Waals surface area contributed by atoms with Crippen LogP contribution in [0.1, 0.15) is 38.5 Å². The molecule has 1 aromatic rings. The van der Waals surface area contributed by atoms with E-state index in [0.717, 1.165) is 51.2 Å². The zero-order valence-electron chi connectivity index (χ0n) is 12.5. The lowest BCUT2D eigenvalue weighted by atomic mass is 9.84. The van der Waals surface area contributed by atoms with Crippen LogP contribution in [0.15, 0.2) is 24.5 Å². The molecular formula is C17H23N3O. The van der Waals surface area contributed by atoms with Crippen LogP contribution in [-0.4, -0.2) is 41.0 Å². The maximum Gasteiger partial charge on any atom is 0.223 e. The van der Waals surface area contributed by atoms with Gasteiger partial charge in [0.25, 0.3) is 0 Å². The molecule has 0 atom stereocenters. The van der Waals surface area contributed by atoms with Gasteiger partial charge >= 0.3 is 0 Å². The van der Waals surface area contributed by atoms with Gasteiger partial charge in [-0.2, -0.15) is 0 Å². The normalized spacial score (nSPS) is 24.9. The maximum atomic E-state index is 12.3. The Morgan fingerprint density at radius 1 is 1.24 bits per heavy atom. The van der Waals surface area contributed by atoms with Gasteiger partial charge in [0.15, 0.2) is 0 Å². The van der Waals surface area contributed by atoms with Crippen LogP contribution in [-0.2, 0) is 4.79 Å². The van der Waals surface area contributed by atoms with E-state index in [2.05, 4.69) is 20.9 Å². The number of carbonyl (C=O) groups is 1. The van der Waals surface area contributed by atoms with Gasteiger partial charge in [0.2, 0.25) is 5.91 Å². The molecule has 0 aromatic carbocycles. The number of hydrogen-bond acceptors (Lipinski definition) is 3. The molecule has 4 nitrogen and oxygen atoms in total. The molecular weight excluding hydrogens is 262 g/mol. The number of amides is 1. The Morgan fingerprint density at radius 2 is 2.05 bits per heavy atom. The van der Waals surface area contributed by atoms with Gasteiger partial charge in [-0.05, 0) is 50.2 Å². The molecule has 3 fully saturated rings. The average molecular weight is 285 g/mol. The molecule has 0 unspecified atom stereocenters. The minimum atomic E-state index is 0.165. The molecule has 1 aliphatic carbocycles. The highest BCUT2D eigenvalue weighted by Crippen LogP contribution is 2.42. The van der Waals surface area contributed by atoms with Crippen LogP contribution in [0.3, 0.4) is 0 Å². The summed E-state index contributed by atoms with van der Waals surface area (Å²) in [6.45, 7) is 3.10. The molecule has 4 rings (SSSR count). The van der Waals surface area contributed by atoms with Crippen LogP contribution >= 0.6 is 0 Å². The molecule has 0 bridgehead atoms. The second kappa shape index (κ2) is 5.00. The fourth-order valence-electron chi connectivity index (χ4n) is 3.97. The molecule has 3 aliphatic rings. The van der Waals surface area contributed by atoms with Crippen molar-refractivity contribution >= 4 is 11.6 Å². The summed E-state index contributed by atoms with van der Waals surface area (Å²) in [5, 5.41) is 0. The van der Waals surface area contributed by atoms with E-state index in [9.17, 15) is 4.79 Å². The van der Waals surface area contributed by atoms with E-state index in [1.54, 1.807) is 0 Å². The van der Waals surface area contributed by atoms with E-state index in [0.29, 0.717) is 5.91 Å². The third kappa shape index (κ3) is 2.41. The fraction of sp³-hybridized carbons (Fsp3) is 0.647. The number of piperidine rings is 1. The van der Waals surface area contributed by atoms with Gasteiger partial charge in [0, 0.05) is 37.8 Å². The smallest absolute Gasteiger partial charge is 0.223 e.